The van der Waals surface area contributed by atoms with Crippen LogP contribution in [0.2, 0.25) is 0 Å². The van der Waals surface area contributed by atoms with Gasteiger partial charge in [-0.1, -0.05) is 27.7 Å². The molecule has 0 bridgehead atoms. The van der Waals surface area contributed by atoms with Crippen LogP contribution in [0.1, 0.15) is 91.9 Å². The molecule has 32 atom stereocenters. The third-order valence-corrected chi connectivity index (χ3v) is 20.1. The fourth-order valence-corrected chi connectivity index (χ4v) is 15.6. The second-order valence-corrected chi connectivity index (χ2v) is 24.3. The molecule has 0 amide bonds. The lowest BCUT2D eigenvalue weighted by molar-refractivity contribution is -0.396. The Morgan fingerprint density at radius 2 is 1.04 bits per heavy atom. The Bertz CT molecular complexity index is 1870. The van der Waals surface area contributed by atoms with Crippen LogP contribution in [-0.2, 0) is 42.6 Å². The quantitative estimate of drug-likeness (QED) is 0.0656. The van der Waals surface area contributed by atoms with Gasteiger partial charge in [0.1, 0.15) is 97.7 Å². The maximum atomic E-state index is 12.1. The lowest BCUT2D eigenvalue weighted by Crippen LogP contribution is -2.67. The van der Waals surface area contributed by atoms with E-state index in [9.17, 15) is 76.6 Å². The molecule has 24 nitrogen and oxygen atoms in total. The van der Waals surface area contributed by atoms with Crippen LogP contribution in [0.5, 0.6) is 0 Å². The minimum Gasteiger partial charge on any atom is -0.394 e. The van der Waals surface area contributed by atoms with E-state index in [-0.39, 0.29) is 47.2 Å². The monoisotopic (exact) mass is 1080 g/mol. The fourth-order valence-electron chi connectivity index (χ4n) is 15.6. The minimum absolute atomic E-state index is 0.0545. The van der Waals surface area contributed by atoms with Crippen molar-refractivity contribution in [3.63, 3.8) is 0 Å². The van der Waals surface area contributed by atoms with Gasteiger partial charge in [-0.25, -0.2) is 0 Å². The van der Waals surface area contributed by atoms with Crippen LogP contribution < -0.4 is 0 Å². The van der Waals surface area contributed by atoms with Crippen molar-refractivity contribution in [2.75, 3.05) is 33.0 Å². The van der Waals surface area contributed by atoms with Gasteiger partial charge in [0.15, 0.2) is 30.9 Å². The standard InChI is InChI=1S/C51H86O24/c1-20(19-67-45-40(63)37(60)33(56)28(15-52)69-45)7-12-51(66)21(2)32-27(75-51)14-26-24-6-5-22-13-23(8-10-49(22,3)25(24)9-11-50(26,32)4)68-48-44(74-47-42(65)39(62)35(58)30(17-54)71-47)43(36(59)31(18-55)72-48)73-46-41(64)38(61)34(57)29(16-53)70-46/h20-48,52-66H,5-19H2,1-4H3/t20?,21-,22?,23-,24+,25-,26-,27?,28+,29+,30+,31+,32-,33+,34+,35+,36-,37-,38-,39-,40+,41+,42+,43-,44+,45+,46-,47-,48+,49-,50-,51?/m0/s1. The van der Waals surface area contributed by atoms with Crippen LogP contribution in [0.15, 0.2) is 0 Å². The SMILES string of the molecule is CC(CCC1(O)OC2C[C@H]3[C@@H]4CCC5C[C@@H](O[C@@H]6O[C@H](CO)[C@H](O)[C@H](O[C@@H]7O[C@H](CO)[C@@H](O)[C@H](O)[C@H]7O)[C@H]6O[C@@H]6O[C@H](CO)[C@@H](O)[C@H](O)[C@H]6O)CC[C@]5(C)[C@H]4CC[C@]3(C)[C@H]2[C@@H]1C)CO[C@@H]1O[C@H](CO)[C@@H](O)[C@H](O)[C@H]1O. The Morgan fingerprint density at radius 1 is 0.533 bits per heavy atom. The van der Waals surface area contributed by atoms with Crippen molar-refractivity contribution >= 4 is 0 Å². The maximum Gasteiger partial charge on any atom is 0.187 e. The van der Waals surface area contributed by atoms with E-state index in [4.69, 9.17) is 42.6 Å². The highest BCUT2D eigenvalue weighted by atomic mass is 16.8. The van der Waals surface area contributed by atoms with Gasteiger partial charge in [0.25, 0.3) is 0 Å². The molecule has 4 saturated carbocycles. The summed E-state index contributed by atoms with van der Waals surface area (Å²) in [5, 5.41) is 159. The first-order valence-electron chi connectivity index (χ1n) is 27.4. The molecule has 5 aliphatic heterocycles. The Kier molecular flexibility index (Phi) is 18.1. The molecule has 4 aliphatic carbocycles. The molecule has 5 saturated heterocycles. The third kappa shape index (κ3) is 10.7. The summed E-state index contributed by atoms with van der Waals surface area (Å²) < 4.78 is 54.6. The molecule has 9 fully saturated rings. The first-order valence-corrected chi connectivity index (χ1v) is 27.4. The van der Waals surface area contributed by atoms with Gasteiger partial charge in [-0.2, -0.15) is 0 Å². The van der Waals surface area contributed by atoms with Crippen molar-refractivity contribution in [2.45, 2.75) is 233 Å². The second kappa shape index (κ2) is 23.1. The number of hydrogen-bond acceptors (Lipinski definition) is 24. The average Bonchev–Trinajstić information content (AvgIpc) is 3.85. The van der Waals surface area contributed by atoms with Crippen LogP contribution >= 0.6 is 0 Å². The van der Waals surface area contributed by atoms with E-state index < -0.39 is 161 Å². The molecular formula is C51H86O24. The van der Waals surface area contributed by atoms with Crippen molar-refractivity contribution in [1.29, 1.82) is 0 Å². The van der Waals surface area contributed by atoms with Crippen LogP contribution in [0, 0.1) is 52.3 Å². The number of aliphatic hydroxyl groups excluding tert-OH is 14. The molecule has 0 aromatic heterocycles. The second-order valence-electron chi connectivity index (χ2n) is 24.3. The minimum atomic E-state index is -1.91. The smallest absolute Gasteiger partial charge is 0.187 e. The molecule has 0 aromatic rings. The Hall–Kier alpha value is -0.960. The zero-order chi connectivity index (χ0) is 54.2. The van der Waals surface area contributed by atoms with Crippen LogP contribution in [-0.4, -0.2) is 250 Å². The van der Waals surface area contributed by atoms with Crippen LogP contribution in [0.4, 0.5) is 0 Å². The fraction of sp³-hybridized carbons (Fsp3) is 1.00. The number of hydrogen-bond donors (Lipinski definition) is 15. The van der Waals surface area contributed by atoms with Crippen LogP contribution in [0.25, 0.3) is 0 Å². The van der Waals surface area contributed by atoms with Gasteiger partial charge in [0.2, 0.25) is 0 Å². The lowest BCUT2D eigenvalue weighted by Gasteiger charge is -2.61. The highest BCUT2D eigenvalue weighted by molar-refractivity contribution is 5.15. The van der Waals surface area contributed by atoms with Crippen molar-refractivity contribution < 1.29 is 119 Å². The molecule has 75 heavy (non-hydrogen) atoms. The summed E-state index contributed by atoms with van der Waals surface area (Å²) in [5.41, 5.74) is -0.117. The Labute approximate surface area is 436 Å². The summed E-state index contributed by atoms with van der Waals surface area (Å²) >= 11 is 0. The first-order chi connectivity index (χ1) is 35.5. The van der Waals surface area contributed by atoms with Crippen molar-refractivity contribution in [1.82, 2.24) is 0 Å². The Morgan fingerprint density at radius 3 is 1.61 bits per heavy atom. The Balaban J connectivity index is 0.852. The van der Waals surface area contributed by atoms with Gasteiger partial charge < -0.3 is 119 Å². The van der Waals surface area contributed by atoms with E-state index >= 15 is 0 Å². The molecule has 5 heterocycles. The van der Waals surface area contributed by atoms with Gasteiger partial charge in [-0.05, 0) is 104 Å². The molecule has 9 aliphatic rings. The summed E-state index contributed by atoms with van der Waals surface area (Å²) in [7, 11) is 0. The van der Waals surface area contributed by atoms with Crippen molar-refractivity contribution in [3.05, 3.63) is 0 Å². The van der Waals surface area contributed by atoms with Gasteiger partial charge in [0, 0.05) is 12.3 Å². The molecular weight excluding hydrogens is 997 g/mol. The molecule has 15 N–H and O–H groups in total. The summed E-state index contributed by atoms with van der Waals surface area (Å²) in [6.45, 7) is 6.12. The lowest BCUT2D eigenvalue weighted by atomic mass is 9.44. The van der Waals surface area contributed by atoms with Crippen molar-refractivity contribution in [2.24, 2.45) is 52.3 Å². The van der Waals surface area contributed by atoms with Gasteiger partial charge in [-0.3, -0.25) is 0 Å². The van der Waals surface area contributed by atoms with E-state index in [1.54, 1.807) is 0 Å². The van der Waals surface area contributed by atoms with Gasteiger partial charge in [-0.15, -0.1) is 0 Å². The third-order valence-electron chi connectivity index (χ3n) is 20.1. The summed E-state index contributed by atoms with van der Waals surface area (Å²) in [5.74, 6) is 0.0204. The van der Waals surface area contributed by atoms with Gasteiger partial charge in [0.05, 0.1) is 45.2 Å². The molecule has 0 aromatic carbocycles. The predicted molar refractivity (Wildman–Crippen MR) is 252 cm³/mol. The van der Waals surface area contributed by atoms with Gasteiger partial charge >= 0.3 is 0 Å². The van der Waals surface area contributed by atoms with Crippen LogP contribution in [0.3, 0.4) is 0 Å². The predicted octanol–water partition coefficient (Wildman–Crippen LogP) is -3.95. The van der Waals surface area contributed by atoms with Crippen molar-refractivity contribution in [3.8, 4) is 0 Å². The zero-order valence-corrected chi connectivity index (χ0v) is 43.2. The first kappa shape index (κ1) is 58.7. The number of ether oxygens (including phenoxy) is 9. The number of rotatable bonds is 16. The largest absolute Gasteiger partial charge is 0.394 e. The number of fused-ring (bicyclic) bond motifs is 7. The summed E-state index contributed by atoms with van der Waals surface area (Å²) in [6.07, 6.45) is -24.9. The highest BCUT2D eigenvalue weighted by Crippen LogP contribution is 2.71. The molecule has 4 unspecified atom stereocenters. The van der Waals surface area contributed by atoms with E-state index in [1.165, 1.54) is 0 Å². The molecule has 0 spiro atoms. The van der Waals surface area contributed by atoms with E-state index in [0.29, 0.717) is 43.4 Å². The summed E-state index contributed by atoms with van der Waals surface area (Å²) in [6, 6.07) is 0. The molecule has 24 heteroatoms. The normalized spacial score (nSPS) is 55.4. The maximum absolute atomic E-state index is 12.1. The average molecular weight is 1080 g/mol. The summed E-state index contributed by atoms with van der Waals surface area (Å²) in [4.78, 5) is 0. The topological polar surface area (TPSA) is 387 Å². The van der Waals surface area contributed by atoms with E-state index in [2.05, 4.69) is 20.8 Å². The molecule has 0 radical (unpaired) electrons. The van der Waals surface area contributed by atoms with E-state index in [0.717, 1.165) is 38.5 Å². The highest BCUT2D eigenvalue weighted by Gasteiger charge is 2.68. The molecule has 434 valence electrons. The zero-order valence-electron chi connectivity index (χ0n) is 43.2. The molecule has 9 rings (SSSR count). The van der Waals surface area contributed by atoms with E-state index in [1.807, 2.05) is 6.92 Å². The number of aliphatic hydroxyl groups is 15.